The van der Waals surface area contributed by atoms with E-state index in [1.54, 1.807) is 11.3 Å². The number of carbonyl (C=O) groups is 1. The van der Waals surface area contributed by atoms with Crippen LogP contribution in [0.1, 0.15) is 21.3 Å². The van der Waals surface area contributed by atoms with Crippen LogP contribution < -0.4 is 15.0 Å². The van der Waals surface area contributed by atoms with Crippen molar-refractivity contribution in [3.05, 3.63) is 52.2 Å². The van der Waals surface area contributed by atoms with E-state index in [2.05, 4.69) is 10.1 Å². The molecule has 2 N–H and O–H groups in total. The fraction of sp³-hybridized carbons (Fsp3) is 0.312. The van der Waals surface area contributed by atoms with Gasteiger partial charge in [0.1, 0.15) is 11.8 Å². The van der Waals surface area contributed by atoms with Crippen LogP contribution in [0.15, 0.2) is 41.8 Å². The van der Waals surface area contributed by atoms with Gasteiger partial charge >= 0.3 is 6.61 Å². The molecular formula is C16H19F2N2O2S+. The monoisotopic (exact) mass is 341 g/mol. The summed E-state index contributed by atoms with van der Waals surface area (Å²) in [6, 6.07) is 9.85. The highest BCUT2D eigenvalue weighted by atomic mass is 32.1. The average Bonchev–Trinajstić information content (AvgIpc) is 3.01. The Morgan fingerprint density at radius 1 is 1.26 bits per heavy atom. The molecule has 4 nitrogen and oxygen atoms in total. The topological polar surface area (TPSA) is 42.8 Å². The Labute approximate surface area is 137 Å². The Kier molecular flexibility index (Phi) is 6.06. The molecule has 0 saturated heterocycles. The Morgan fingerprint density at radius 3 is 2.48 bits per heavy atom. The number of halogens is 2. The van der Waals surface area contributed by atoms with E-state index in [0.29, 0.717) is 12.1 Å². The SMILES string of the molecule is C[NH+](C)[C@H](CNC(=O)c1ccc(OC(F)F)cc1)c1cccs1. The maximum absolute atomic E-state index is 12.2. The molecule has 1 aromatic heterocycles. The van der Waals surface area contributed by atoms with E-state index in [1.165, 1.54) is 34.0 Å². The number of amides is 1. The van der Waals surface area contributed by atoms with Gasteiger partial charge in [-0.3, -0.25) is 4.79 Å². The highest BCUT2D eigenvalue weighted by Crippen LogP contribution is 2.17. The largest absolute Gasteiger partial charge is 0.435 e. The van der Waals surface area contributed by atoms with Gasteiger partial charge in [0.25, 0.3) is 5.91 Å². The fourth-order valence-corrected chi connectivity index (χ4v) is 3.12. The van der Waals surface area contributed by atoms with Crippen LogP contribution in [0.4, 0.5) is 8.78 Å². The van der Waals surface area contributed by atoms with Crippen LogP contribution in [0.2, 0.25) is 0 Å². The van der Waals surface area contributed by atoms with Crippen LogP contribution in [0.3, 0.4) is 0 Å². The summed E-state index contributed by atoms with van der Waals surface area (Å²) < 4.78 is 28.5. The maximum Gasteiger partial charge on any atom is 0.387 e. The molecule has 1 amide bonds. The molecule has 0 spiro atoms. The molecule has 1 aromatic carbocycles. The molecule has 0 saturated carbocycles. The molecule has 0 aliphatic rings. The summed E-state index contributed by atoms with van der Waals surface area (Å²) in [5.74, 6) is -0.206. The molecule has 124 valence electrons. The molecule has 0 fully saturated rings. The van der Waals surface area contributed by atoms with Crippen LogP contribution in [0.25, 0.3) is 0 Å². The fourth-order valence-electron chi connectivity index (χ4n) is 2.16. The lowest BCUT2D eigenvalue weighted by atomic mass is 10.2. The van der Waals surface area contributed by atoms with Crippen molar-refractivity contribution in [1.29, 1.82) is 0 Å². The van der Waals surface area contributed by atoms with Crippen molar-refractivity contribution in [3.8, 4) is 5.75 Å². The standard InChI is InChI=1S/C16H18F2N2O2S/c1-20(2)13(14-4-3-9-23-14)10-19-15(21)11-5-7-12(8-6-11)22-16(17)18/h3-9,13,16H,10H2,1-2H3,(H,19,21)/p+1/t13-/m1/s1. The molecule has 2 rings (SSSR count). The first-order chi connectivity index (χ1) is 11.0. The Hall–Kier alpha value is -1.99. The number of likely N-dealkylation sites (N-methyl/N-ethyl adjacent to an activating group) is 1. The number of benzene rings is 1. The van der Waals surface area contributed by atoms with Crippen molar-refractivity contribution >= 4 is 17.2 Å². The number of alkyl halides is 2. The Balaban J connectivity index is 1.95. The second-order valence-electron chi connectivity index (χ2n) is 5.26. The molecule has 0 radical (unpaired) electrons. The van der Waals surface area contributed by atoms with Gasteiger partial charge in [0.15, 0.2) is 0 Å². The summed E-state index contributed by atoms with van der Waals surface area (Å²) in [7, 11) is 4.07. The van der Waals surface area contributed by atoms with Crippen molar-refractivity contribution in [3.63, 3.8) is 0 Å². The predicted molar refractivity (Wildman–Crippen MR) is 85.3 cm³/mol. The number of ether oxygens (including phenoxy) is 1. The summed E-state index contributed by atoms with van der Waals surface area (Å²) in [6.45, 7) is -2.37. The van der Waals surface area contributed by atoms with Gasteiger partial charge in [-0.15, -0.1) is 11.3 Å². The van der Waals surface area contributed by atoms with Crippen molar-refractivity contribution in [2.45, 2.75) is 12.7 Å². The van der Waals surface area contributed by atoms with Gasteiger partial charge in [-0.25, -0.2) is 0 Å². The molecule has 7 heteroatoms. The van der Waals surface area contributed by atoms with E-state index in [9.17, 15) is 13.6 Å². The van der Waals surface area contributed by atoms with Gasteiger partial charge in [-0.2, -0.15) is 8.78 Å². The first kappa shape index (κ1) is 17.4. The molecule has 0 bridgehead atoms. The number of hydrogen-bond donors (Lipinski definition) is 2. The zero-order valence-electron chi connectivity index (χ0n) is 12.9. The van der Waals surface area contributed by atoms with Gasteiger partial charge < -0.3 is 15.0 Å². The highest BCUT2D eigenvalue weighted by molar-refractivity contribution is 7.10. The summed E-state index contributed by atoms with van der Waals surface area (Å²) >= 11 is 1.65. The molecule has 0 aliphatic heterocycles. The van der Waals surface area contributed by atoms with Crippen LogP contribution in [-0.4, -0.2) is 33.2 Å². The quantitative estimate of drug-likeness (QED) is 0.809. The average molecular weight is 341 g/mol. The van der Waals surface area contributed by atoms with Crippen molar-refractivity contribution in [2.75, 3.05) is 20.6 Å². The van der Waals surface area contributed by atoms with Gasteiger partial charge in [-0.1, -0.05) is 6.07 Å². The summed E-state index contributed by atoms with van der Waals surface area (Å²) in [5.41, 5.74) is 0.408. The van der Waals surface area contributed by atoms with Gasteiger partial charge in [0.05, 0.1) is 25.5 Å². The molecule has 23 heavy (non-hydrogen) atoms. The first-order valence-electron chi connectivity index (χ1n) is 7.14. The van der Waals surface area contributed by atoms with Crippen molar-refractivity contribution in [2.24, 2.45) is 0 Å². The lowest BCUT2D eigenvalue weighted by Crippen LogP contribution is -3.06. The molecular weight excluding hydrogens is 322 g/mol. The maximum atomic E-state index is 12.2. The van der Waals surface area contributed by atoms with E-state index < -0.39 is 6.61 Å². The van der Waals surface area contributed by atoms with Crippen LogP contribution in [0.5, 0.6) is 5.75 Å². The molecule has 1 heterocycles. The van der Waals surface area contributed by atoms with E-state index in [-0.39, 0.29) is 17.7 Å². The normalized spacial score (nSPS) is 12.4. The number of quaternary nitrogens is 1. The van der Waals surface area contributed by atoms with Crippen LogP contribution >= 0.6 is 11.3 Å². The lowest BCUT2D eigenvalue weighted by Gasteiger charge is -2.20. The summed E-state index contributed by atoms with van der Waals surface area (Å²) in [5, 5.41) is 4.90. The summed E-state index contributed by atoms with van der Waals surface area (Å²) in [6.07, 6.45) is 0. The third-order valence-electron chi connectivity index (χ3n) is 3.39. The minimum Gasteiger partial charge on any atom is -0.435 e. The molecule has 0 aliphatic carbocycles. The highest BCUT2D eigenvalue weighted by Gasteiger charge is 2.20. The molecule has 2 aromatic rings. The Bertz CT molecular complexity index is 616. The van der Waals surface area contributed by atoms with Crippen molar-refractivity contribution in [1.82, 2.24) is 5.32 Å². The Morgan fingerprint density at radius 2 is 1.96 bits per heavy atom. The lowest BCUT2D eigenvalue weighted by molar-refractivity contribution is -0.890. The molecule has 1 atom stereocenters. The third-order valence-corrected chi connectivity index (χ3v) is 4.38. The molecule has 0 unspecified atom stereocenters. The van der Waals surface area contributed by atoms with Gasteiger partial charge in [0.2, 0.25) is 0 Å². The van der Waals surface area contributed by atoms with Gasteiger partial charge in [-0.05, 0) is 35.7 Å². The minimum absolute atomic E-state index is 0.0331. The van der Waals surface area contributed by atoms with E-state index in [4.69, 9.17) is 0 Å². The number of hydrogen-bond acceptors (Lipinski definition) is 3. The third kappa shape index (κ3) is 5.01. The number of thiophene rings is 1. The summed E-state index contributed by atoms with van der Waals surface area (Å²) in [4.78, 5) is 14.6. The van der Waals surface area contributed by atoms with E-state index >= 15 is 0 Å². The zero-order chi connectivity index (χ0) is 16.8. The number of rotatable bonds is 7. The minimum atomic E-state index is -2.87. The second-order valence-corrected chi connectivity index (χ2v) is 6.24. The smallest absolute Gasteiger partial charge is 0.387 e. The van der Waals surface area contributed by atoms with Crippen molar-refractivity contribution < 1.29 is 23.2 Å². The van der Waals surface area contributed by atoms with Crippen LogP contribution in [0, 0.1) is 0 Å². The predicted octanol–water partition coefficient (Wildman–Crippen LogP) is 1.97. The van der Waals surface area contributed by atoms with Gasteiger partial charge in [0, 0.05) is 5.56 Å². The number of carbonyl (C=O) groups excluding carboxylic acids is 1. The first-order valence-corrected chi connectivity index (χ1v) is 8.02. The second kappa shape index (κ2) is 8.03. The van der Waals surface area contributed by atoms with Crippen LogP contribution in [-0.2, 0) is 0 Å². The zero-order valence-corrected chi connectivity index (χ0v) is 13.7. The van der Waals surface area contributed by atoms with E-state index in [1.807, 2.05) is 31.6 Å². The number of nitrogens with one attached hydrogen (secondary N) is 2. The van der Waals surface area contributed by atoms with E-state index in [0.717, 1.165) is 0 Å².